The topological polar surface area (TPSA) is 66.0 Å². The van der Waals surface area contributed by atoms with Gasteiger partial charge in [0.1, 0.15) is 11.5 Å². The molecular formula is C20H25NO5. The summed E-state index contributed by atoms with van der Waals surface area (Å²) in [6.07, 6.45) is 0.690. The normalized spacial score (nSPS) is 10.2. The second kappa shape index (κ2) is 9.56. The van der Waals surface area contributed by atoms with Crippen molar-refractivity contribution in [3.63, 3.8) is 0 Å². The third kappa shape index (κ3) is 5.05. The molecule has 0 bridgehead atoms. The molecule has 6 heteroatoms. The molecule has 0 unspecified atom stereocenters. The Bertz CT molecular complexity index is 745. The molecule has 6 nitrogen and oxygen atoms in total. The van der Waals surface area contributed by atoms with Crippen LogP contribution >= 0.6 is 0 Å². The van der Waals surface area contributed by atoms with Crippen LogP contribution in [0.15, 0.2) is 36.4 Å². The Kier molecular flexibility index (Phi) is 7.14. The fourth-order valence-electron chi connectivity index (χ4n) is 2.47. The lowest BCUT2D eigenvalue weighted by Gasteiger charge is -2.14. The molecule has 2 aromatic rings. The number of methoxy groups -OCH3 is 3. The van der Waals surface area contributed by atoms with Crippen LogP contribution in [0.4, 0.5) is 0 Å². The quantitative estimate of drug-likeness (QED) is 0.697. The molecule has 2 rings (SSSR count). The summed E-state index contributed by atoms with van der Waals surface area (Å²) in [7, 11) is 4.56. The van der Waals surface area contributed by atoms with Crippen molar-refractivity contribution in [1.29, 1.82) is 0 Å². The second-order valence-electron chi connectivity index (χ2n) is 5.68. The van der Waals surface area contributed by atoms with Crippen molar-refractivity contribution < 1.29 is 23.7 Å². The van der Waals surface area contributed by atoms with Crippen LogP contribution in [-0.4, -0.2) is 40.4 Å². The first kappa shape index (κ1) is 19.4. The van der Waals surface area contributed by atoms with Gasteiger partial charge in [0.05, 0.1) is 33.5 Å². The van der Waals surface area contributed by atoms with Crippen LogP contribution in [0.2, 0.25) is 0 Å². The number of ether oxygens (including phenoxy) is 4. The predicted octanol–water partition coefficient (Wildman–Crippen LogP) is 3.22. The maximum absolute atomic E-state index is 12.4. The van der Waals surface area contributed by atoms with Crippen LogP contribution in [-0.2, 0) is 0 Å². The molecule has 2 aromatic carbocycles. The monoisotopic (exact) mass is 359 g/mol. The van der Waals surface area contributed by atoms with Gasteiger partial charge < -0.3 is 24.3 Å². The lowest BCUT2D eigenvalue weighted by molar-refractivity contribution is 0.0948. The van der Waals surface area contributed by atoms with Crippen LogP contribution < -0.4 is 24.3 Å². The van der Waals surface area contributed by atoms with Crippen molar-refractivity contribution in [2.75, 3.05) is 34.5 Å². The number of amides is 1. The maximum atomic E-state index is 12.4. The van der Waals surface area contributed by atoms with Gasteiger partial charge in [-0.2, -0.15) is 0 Å². The Labute approximate surface area is 154 Å². The van der Waals surface area contributed by atoms with Crippen molar-refractivity contribution in [3.8, 4) is 23.0 Å². The lowest BCUT2D eigenvalue weighted by Crippen LogP contribution is -2.26. The summed E-state index contributed by atoms with van der Waals surface area (Å²) >= 11 is 0. The Morgan fingerprint density at radius 2 is 1.65 bits per heavy atom. The number of benzene rings is 2. The molecule has 0 aromatic heterocycles. The van der Waals surface area contributed by atoms with Crippen LogP contribution in [0.5, 0.6) is 23.0 Å². The van der Waals surface area contributed by atoms with Gasteiger partial charge in [-0.25, -0.2) is 0 Å². The van der Waals surface area contributed by atoms with Crippen molar-refractivity contribution in [2.45, 2.75) is 13.3 Å². The van der Waals surface area contributed by atoms with Crippen LogP contribution in [0.25, 0.3) is 0 Å². The summed E-state index contributed by atoms with van der Waals surface area (Å²) in [5.41, 5.74) is 1.54. The van der Waals surface area contributed by atoms with Crippen LogP contribution in [0.1, 0.15) is 22.3 Å². The highest BCUT2D eigenvalue weighted by Crippen LogP contribution is 2.34. The molecule has 26 heavy (non-hydrogen) atoms. The minimum atomic E-state index is -0.238. The van der Waals surface area contributed by atoms with Crippen molar-refractivity contribution in [3.05, 3.63) is 47.5 Å². The molecule has 1 amide bonds. The smallest absolute Gasteiger partial charge is 0.255 e. The molecule has 0 radical (unpaired) electrons. The largest absolute Gasteiger partial charge is 0.496 e. The van der Waals surface area contributed by atoms with E-state index in [1.54, 1.807) is 12.1 Å². The van der Waals surface area contributed by atoms with Gasteiger partial charge in [-0.15, -0.1) is 0 Å². The molecule has 0 atom stereocenters. The van der Waals surface area contributed by atoms with E-state index in [1.165, 1.54) is 21.3 Å². The fourth-order valence-corrected chi connectivity index (χ4v) is 2.47. The first-order valence-electron chi connectivity index (χ1n) is 8.36. The third-order valence-corrected chi connectivity index (χ3v) is 3.82. The molecule has 0 aliphatic heterocycles. The summed E-state index contributed by atoms with van der Waals surface area (Å²) < 4.78 is 21.4. The number of carbonyl (C=O) groups excluding carboxylic acids is 1. The van der Waals surface area contributed by atoms with Gasteiger partial charge in [-0.1, -0.05) is 12.1 Å². The zero-order valence-electron chi connectivity index (χ0n) is 15.6. The first-order valence-corrected chi connectivity index (χ1v) is 8.36. The Hall–Kier alpha value is -2.89. The predicted molar refractivity (Wildman–Crippen MR) is 99.7 cm³/mol. The number of carbonyl (C=O) groups is 1. The van der Waals surface area contributed by atoms with E-state index in [4.69, 9.17) is 18.9 Å². The second-order valence-corrected chi connectivity index (χ2v) is 5.68. The molecule has 0 fully saturated rings. The molecule has 0 saturated heterocycles. The zero-order chi connectivity index (χ0) is 18.9. The number of rotatable bonds is 9. The molecule has 1 N–H and O–H groups in total. The maximum Gasteiger partial charge on any atom is 0.255 e. The van der Waals surface area contributed by atoms with E-state index in [0.29, 0.717) is 42.4 Å². The SMILES string of the molecule is COc1cc(OC)c(C(=O)NCCCOc2cccc(C)c2)cc1OC. The van der Waals surface area contributed by atoms with E-state index in [1.807, 2.05) is 31.2 Å². The Morgan fingerprint density at radius 3 is 2.31 bits per heavy atom. The third-order valence-electron chi connectivity index (χ3n) is 3.82. The first-order chi connectivity index (χ1) is 12.6. The van der Waals surface area contributed by atoms with E-state index in [9.17, 15) is 4.79 Å². The fraction of sp³-hybridized carbons (Fsp3) is 0.350. The highest BCUT2D eigenvalue weighted by molar-refractivity contribution is 5.97. The van der Waals surface area contributed by atoms with Gasteiger partial charge in [0, 0.05) is 18.7 Å². The van der Waals surface area contributed by atoms with Crippen molar-refractivity contribution >= 4 is 5.91 Å². The van der Waals surface area contributed by atoms with E-state index < -0.39 is 0 Å². The van der Waals surface area contributed by atoms with Gasteiger partial charge in [0.15, 0.2) is 11.5 Å². The van der Waals surface area contributed by atoms with Gasteiger partial charge in [-0.05, 0) is 31.0 Å². The highest BCUT2D eigenvalue weighted by atomic mass is 16.5. The number of hydrogen-bond acceptors (Lipinski definition) is 5. The molecule has 0 spiro atoms. The summed E-state index contributed by atoms with van der Waals surface area (Å²) in [5, 5.41) is 2.86. The van der Waals surface area contributed by atoms with Crippen molar-refractivity contribution in [1.82, 2.24) is 5.32 Å². The minimum Gasteiger partial charge on any atom is -0.496 e. The number of hydrogen-bond donors (Lipinski definition) is 1. The molecule has 0 aliphatic carbocycles. The zero-order valence-corrected chi connectivity index (χ0v) is 15.6. The number of aryl methyl sites for hydroxylation is 1. The number of nitrogens with one attached hydrogen (secondary N) is 1. The standard InChI is InChI=1S/C20H25NO5/c1-14-7-5-8-15(11-14)26-10-6-9-21-20(22)16-12-18(24-3)19(25-4)13-17(16)23-2/h5,7-8,11-13H,6,9-10H2,1-4H3,(H,21,22). The van der Waals surface area contributed by atoms with Crippen LogP contribution in [0, 0.1) is 6.92 Å². The van der Waals surface area contributed by atoms with E-state index >= 15 is 0 Å². The van der Waals surface area contributed by atoms with E-state index in [0.717, 1.165) is 11.3 Å². The van der Waals surface area contributed by atoms with Gasteiger partial charge >= 0.3 is 0 Å². The Morgan fingerprint density at radius 1 is 0.962 bits per heavy atom. The molecule has 0 aliphatic rings. The van der Waals surface area contributed by atoms with Gasteiger partial charge in [-0.3, -0.25) is 4.79 Å². The summed E-state index contributed by atoms with van der Waals surface area (Å²) in [4.78, 5) is 12.4. The lowest BCUT2D eigenvalue weighted by atomic mass is 10.1. The molecule has 140 valence electrons. The van der Waals surface area contributed by atoms with Crippen LogP contribution in [0.3, 0.4) is 0 Å². The van der Waals surface area contributed by atoms with E-state index in [-0.39, 0.29) is 5.91 Å². The average molecular weight is 359 g/mol. The van der Waals surface area contributed by atoms with E-state index in [2.05, 4.69) is 5.32 Å². The summed E-state index contributed by atoms with van der Waals surface area (Å²) in [6.45, 7) is 3.03. The molecule has 0 heterocycles. The molecular weight excluding hydrogens is 334 g/mol. The van der Waals surface area contributed by atoms with Crippen molar-refractivity contribution in [2.24, 2.45) is 0 Å². The van der Waals surface area contributed by atoms with Gasteiger partial charge in [0.25, 0.3) is 5.91 Å². The summed E-state index contributed by atoms with van der Waals surface area (Å²) in [6, 6.07) is 11.1. The molecule has 0 saturated carbocycles. The summed E-state index contributed by atoms with van der Waals surface area (Å²) in [5.74, 6) is 2.00. The average Bonchev–Trinajstić information content (AvgIpc) is 2.66. The highest BCUT2D eigenvalue weighted by Gasteiger charge is 2.17. The van der Waals surface area contributed by atoms with Gasteiger partial charge in [0.2, 0.25) is 0 Å². The minimum absolute atomic E-state index is 0.238. The Balaban J connectivity index is 1.89.